The van der Waals surface area contributed by atoms with Crippen molar-refractivity contribution in [3.63, 3.8) is 0 Å². The Morgan fingerprint density at radius 3 is 2.80 bits per heavy atom. The topological polar surface area (TPSA) is 56.3 Å². The normalized spacial score (nSPS) is 15.0. The van der Waals surface area contributed by atoms with Gasteiger partial charge in [-0.15, -0.1) is 21.5 Å². The zero-order valence-corrected chi connectivity index (χ0v) is 15.8. The van der Waals surface area contributed by atoms with E-state index in [-0.39, 0.29) is 0 Å². The van der Waals surface area contributed by atoms with Crippen molar-refractivity contribution >= 4 is 40.6 Å². The van der Waals surface area contributed by atoms with Crippen LogP contribution in [0.3, 0.4) is 0 Å². The monoisotopic (exact) mass is 396 g/mol. The summed E-state index contributed by atoms with van der Waals surface area (Å²) in [7, 11) is 0. The molecule has 0 aromatic carbocycles. The second kappa shape index (κ2) is 7.82. The van der Waals surface area contributed by atoms with Crippen molar-refractivity contribution in [1.82, 2.24) is 14.8 Å². The van der Waals surface area contributed by atoms with Crippen molar-refractivity contribution < 1.29 is 9.15 Å². The van der Waals surface area contributed by atoms with Gasteiger partial charge in [0.25, 0.3) is 0 Å². The minimum absolute atomic E-state index is 0.611. The molecular weight excluding hydrogens is 380 g/mol. The third kappa shape index (κ3) is 4.03. The maximum Gasteiger partial charge on any atom is 0.228 e. The van der Waals surface area contributed by atoms with E-state index in [4.69, 9.17) is 20.8 Å². The lowest BCUT2D eigenvalue weighted by molar-refractivity contribution is 0.121. The van der Waals surface area contributed by atoms with Gasteiger partial charge in [0, 0.05) is 23.7 Å². The van der Waals surface area contributed by atoms with Crippen molar-refractivity contribution in [2.45, 2.75) is 17.5 Å². The van der Waals surface area contributed by atoms with Crippen molar-refractivity contribution in [2.75, 3.05) is 31.2 Å². The molecule has 1 fully saturated rings. The Kier molecular flexibility index (Phi) is 5.30. The van der Waals surface area contributed by atoms with Gasteiger partial charge in [-0.05, 0) is 24.3 Å². The summed E-state index contributed by atoms with van der Waals surface area (Å²) >= 11 is 9.28. The average Bonchev–Trinajstić information content (AvgIpc) is 3.36. The molecule has 0 bridgehead atoms. The SMILES string of the molecule is Clc1ccc(CSc2nnc(N3CCOCC3)n2Cc2ccco2)s1. The lowest BCUT2D eigenvalue weighted by Gasteiger charge is -2.27. The molecule has 0 saturated carbocycles. The Balaban J connectivity index is 1.57. The number of furan rings is 1. The molecule has 25 heavy (non-hydrogen) atoms. The molecule has 3 aromatic heterocycles. The summed E-state index contributed by atoms with van der Waals surface area (Å²) in [5.74, 6) is 2.57. The molecule has 4 rings (SSSR count). The molecule has 3 aromatic rings. The number of rotatable bonds is 6. The summed E-state index contributed by atoms with van der Waals surface area (Å²) in [6.45, 7) is 3.68. The van der Waals surface area contributed by atoms with Gasteiger partial charge in [-0.2, -0.15) is 0 Å². The molecule has 1 aliphatic rings. The van der Waals surface area contributed by atoms with E-state index in [1.165, 1.54) is 4.88 Å². The van der Waals surface area contributed by atoms with E-state index in [1.54, 1.807) is 29.4 Å². The first-order chi connectivity index (χ1) is 12.3. The van der Waals surface area contributed by atoms with Gasteiger partial charge in [-0.3, -0.25) is 4.57 Å². The molecule has 0 aliphatic carbocycles. The second-order valence-corrected chi connectivity index (χ2v) is 8.28. The molecule has 4 heterocycles. The summed E-state index contributed by atoms with van der Waals surface area (Å²) in [6.07, 6.45) is 1.69. The number of hydrogen-bond acceptors (Lipinski definition) is 7. The van der Waals surface area contributed by atoms with Crippen LogP contribution in [0, 0.1) is 0 Å². The second-order valence-electron chi connectivity index (χ2n) is 5.54. The lowest BCUT2D eigenvalue weighted by Crippen LogP contribution is -2.38. The van der Waals surface area contributed by atoms with Gasteiger partial charge in [-0.25, -0.2) is 0 Å². The Labute approximate surface area is 158 Å². The zero-order valence-electron chi connectivity index (χ0n) is 13.4. The van der Waals surface area contributed by atoms with Gasteiger partial charge in [-0.1, -0.05) is 23.4 Å². The largest absolute Gasteiger partial charge is 0.467 e. The maximum atomic E-state index is 6.02. The quantitative estimate of drug-likeness (QED) is 0.591. The van der Waals surface area contributed by atoms with Crippen LogP contribution in [-0.2, 0) is 17.0 Å². The Morgan fingerprint density at radius 2 is 2.08 bits per heavy atom. The molecular formula is C16H17ClN4O2S2. The summed E-state index contributed by atoms with van der Waals surface area (Å²) in [6, 6.07) is 7.84. The minimum atomic E-state index is 0.611. The fourth-order valence-electron chi connectivity index (χ4n) is 2.65. The van der Waals surface area contributed by atoms with Crippen LogP contribution in [0.5, 0.6) is 0 Å². The predicted molar refractivity (Wildman–Crippen MR) is 99.8 cm³/mol. The first kappa shape index (κ1) is 17.0. The number of halogens is 1. The number of thioether (sulfide) groups is 1. The molecule has 9 heteroatoms. The summed E-state index contributed by atoms with van der Waals surface area (Å²) in [4.78, 5) is 3.43. The molecule has 0 spiro atoms. The average molecular weight is 397 g/mol. The molecule has 0 unspecified atom stereocenters. The third-order valence-electron chi connectivity index (χ3n) is 3.86. The highest BCUT2D eigenvalue weighted by Gasteiger charge is 2.21. The van der Waals surface area contributed by atoms with Crippen molar-refractivity contribution in [3.05, 3.63) is 45.5 Å². The van der Waals surface area contributed by atoms with Gasteiger partial charge in [0.05, 0.1) is 30.4 Å². The van der Waals surface area contributed by atoms with Crippen molar-refractivity contribution in [2.24, 2.45) is 0 Å². The van der Waals surface area contributed by atoms with Crippen molar-refractivity contribution in [1.29, 1.82) is 0 Å². The number of aromatic nitrogens is 3. The number of anilines is 1. The van der Waals surface area contributed by atoms with Gasteiger partial charge >= 0.3 is 0 Å². The predicted octanol–water partition coefficient (Wildman–Crippen LogP) is 3.76. The number of nitrogens with zero attached hydrogens (tertiary/aromatic N) is 4. The molecule has 6 nitrogen and oxygen atoms in total. The molecule has 0 amide bonds. The highest BCUT2D eigenvalue weighted by molar-refractivity contribution is 7.98. The van der Waals surface area contributed by atoms with E-state index in [1.807, 2.05) is 18.2 Å². The van der Waals surface area contributed by atoms with E-state index in [0.29, 0.717) is 19.8 Å². The number of hydrogen-bond donors (Lipinski definition) is 0. The van der Waals surface area contributed by atoms with E-state index in [0.717, 1.165) is 40.0 Å². The molecule has 0 N–H and O–H groups in total. The zero-order chi connectivity index (χ0) is 17.1. The summed E-state index contributed by atoms with van der Waals surface area (Å²) < 4.78 is 13.9. The number of morpholine rings is 1. The van der Waals surface area contributed by atoms with Crippen LogP contribution in [0.4, 0.5) is 5.95 Å². The van der Waals surface area contributed by atoms with Crippen molar-refractivity contribution in [3.8, 4) is 0 Å². The van der Waals surface area contributed by atoms with Crippen LogP contribution >= 0.6 is 34.7 Å². The van der Waals surface area contributed by atoms with Gasteiger partial charge in [0.2, 0.25) is 5.95 Å². The highest BCUT2D eigenvalue weighted by Crippen LogP contribution is 2.30. The third-order valence-corrected chi connectivity index (χ3v) is 6.29. The smallest absolute Gasteiger partial charge is 0.228 e. The molecule has 0 atom stereocenters. The first-order valence-electron chi connectivity index (χ1n) is 7.95. The molecule has 1 aliphatic heterocycles. The van der Waals surface area contributed by atoms with E-state index in [9.17, 15) is 0 Å². The molecule has 0 radical (unpaired) electrons. The Hall–Kier alpha value is -1.48. The summed E-state index contributed by atoms with van der Waals surface area (Å²) in [5.41, 5.74) is 0. The van der Waals surface area contributed by atoms with E-state index in [2.05, 4.69) is 25.7 Å². The summed E-state index contributed by atoms with van der Waals surface area (Å²) in [5, 5.41) is 9.73. The van der Waals surface area contributed by atoms with Gasteiger partial charge in [0.15, 0.2) is 5.16 Å². The first-order valence-corrected chi connectivity index (χ1v) is 10.1. The van der Waals surface area contributed by atoms with Crippen LogP contribution < -0.4 is 4.90 Å². The Bertz CT molecular complexity index is 812. The fraction of sp³-hybridized carbons (Fsp3) is 0.375. The highest BCUT2D eigenvalue weighted by atomic mass is 35.5. The van der Waals surface area contributed by atoms with Gasteiger partial charge < -0.3 is 14.1 Å². The minimum Gasteiger partial charge on any atom is -0.467 e. The number of ether oxygens (including phenoxy) is 1. The number of thiophene rings is 1. The van der Waals surface area contributed by atoms with E-state index >= 15 is 0 Å². The van der Waals surface area contributed by atoms with Crippen LogP contribution in [0.15, 0.2) is 40.1 Å². The van der Waals surface area contributed by atoms with Gasteiger partial charge in [0.1, 0.15) is 5.76 Å². The fourth-order valence-corrected chi connectivity index (χ4v) is 4.71. The molecule has 1 saturated heterocycles. The standard InChI is InChI=1S/C16H17ClN4O2S2/c17-14-4-3-13(25-14)11-24-16-19-18-15(20-5-8-22-9-6-20)21(16)10-12-2-1-7-23-12/h1-4,7H,5-6,8-11H2. The lowest BCUT2D eigenvalue weighted by atomic mass is 10.4. The maximum absolute atomic E-state index is 6.02. The van der Waals surface area contributed by atoms with Crippen LogP contribution in [0.1, 0.15) is 10.6 Å². The molecule has 132 valence electrons. The van der Waals surface area contributed by atoms with E-state index < -0.39 is 0 Å². The van der Waals surface area contributed by atoms with Crippen LogP contribution in [0.25, 0.3) is 0 Å². The van der Waals surface area contributed by atoms with Crippen LogP contribution in [-0.4, -0.2) is 41.1 Å². The Morgan fingerprint density at radius 1 is 1.20 bits per heavy atom. The van der Waals surface area contributed by atoms with Crippen LogP contribution in [0.2, 0.25) is 4.34 Å².